The molecule has 0 unspecified atom stereocenters. The maximum Gasteiger partial charge on any atom is 0.252 e. The number of hydrogen-bond donors (Lipinski definition) is 0. The number of rotatable bonds is 2. The summed E-state index contributed by atoms with van der Waals surface area (Å²) < 4.78 is 1.53. The molecule has 7 nitrogen and oxygen atoms in total. The van der Waals surface area contributed by atoms with Crippen LogP contribution in [0, 0.1) is 25.2 Å². The standard InChI is InChI=1S/C16H11N7S/c1-9-10(2)24-16-13(9)15(23-8-19-12(6-17)22-23)20-14(21-16)11-4-3-5-18-7-11/h3-5,7-8H,1-2H3. The van der Waals surface area contributed by atoms with E-state index in [1.54, 1.807) is 23.7 Å². The van der Waals surface area contributed by atoms with Crippen LogP contribution in [0.1, 0.15) is 16.3 Å². The summed E-state index contributed by atoms with van der Waals surface area (Å²) in [6.45, 7) is 4.09. The predicted molar refractivity (Wildman–Crippen MR) is 89.8 cm³/mol. The van der Waals surface area contributed by atoms with Gasteiger partial charge in [-0.25, -0.2) is 19.6 Å². The van der Waals surface area contributed by atoms with Crippen LogP contribution in [0.5, 0.6) is 0 Å². The Balaban J connectivity index is 2.04. The van der Waals surface area contributed by atoms with Gasteiger partial charge in [-0.1, -0.05) is 0 Å². The molecule has 4 rings (SSSR count). The third-order valence-electron chi connectivity index (χ3n) is 3.74. The molecule has 0 aliphatic heterocycles. The van der Waals surface area contributed by atoms with E-state index < -0.39 is 0 Å². The smallest absolute Gasteiger partial charge is 0.252 e. The van der Waals surface area contributed by atoms with Gasteiger partial charge in [0.05, 0.1) is 5.39 Å². The van der Waals surface area contributed by atoms with E-state index in [2.05, 4.69) is 32.0 Å². The average Bonchev–Trinajstić information content (AvgIpc) is 3.20. The average molecular weight is 333 g/mol. The highest BCUT2D eigenvalue weighted by Crippen LogP contribution is 2.33. The van der Waals surface area contributed by atoms with Crippen LogP contribution in [0.15, 0.2) is 30.9 Å². The van der Waals surface area contributed by atoms with Crippen molar-refractivity contribution in [2.75, 3.05) is 0 Å². The number of nitrogens with zero attached hydrogens (tertiary/aromatic N) is 7. The molecule has 0 amide bonds. The molecule has 0 spiro atoms. The summed E-state index contributed by atoms with van der Waals surface area (Å²) >= 11 is 1.61. The second kappa shape index (κ2) is 5.47. The zero-order valence-electron chi connectivity index (χ0n) is 12.9. The highest BCUT2D eigenvalue weighted by molar-refractivity contribution is 7.18. The molecule has 0 fully saturated rings. The molecule has 0 bridgehead atoms. The van der Waals surface area contributed by atoms with Crippen LogP contribution in [-0.4, -0.2) is 29.7 Å². The van der Waals surface area contributed by atoms with Gasteiger partial charge in [0.25, 0.3) is 5.82 Å². The Morgan fingerprint density at radius 2 is 2.12 bits per heavy atom. The summed E-state index contributed by atoms with van der Waals surface area (Å²) in [4.78, 5) is 19.5. The monoisotopic (exact) mass is 333 g/mol. The van der Waals surface area contributed by atoms with Crippen molar-refractivity contribution in [2.45, 2.75) is 13.8 Å². The van der Waals surface area contributed by atoms with Crippen LogP contribution in [0.2, 0.25) is 0 Å². The van der Waals surface area contributed by atoms with Crippen molar-refractivity contribution in [3.8, 4) is 23.3 Å². The largest absolute Gasteiger partial charge is 0.264 e. The van der Waals surface area contributed by atoms with Crippen LogP contribution in [0.3, 0.4) is 0 Å². The number of nitriles is 1. The summed E-state index contributed by atoms with van der Waals surface area (Å²) in [5, 5.41) is 14.1. The molecule has 4 aromatic heterocycles. The predicted octanol–water partition coefficient (Wildman–Crippen LogP) is 2.82. The Morgan fingerprint density at radius 1 is 1.25 bits per heavy atom. The van der Waals surface area contributed by atoms with Gasteiger partial charge < -0.3 is 0 Å². The van der Waals surface area contributed by atoms with Crippen molar-refractivity contribution in [3.05, 3.63) is 47.1 Å². The topological polar surface area (TPSA) is 93.2 Å². The van der Waals surface area contributed by atoms with E-state index in [0.29, 0.717) is 11.6 Å². The van der Waals surface area contributed by atoms with Gasteiger partial charge in [0, 0.05) is 22.8 Å². The zero-order valence-corrected chi connectivity index (χ0v) is 13.7. The third kappa shape index (κ3) is 2.23. The van der Waals surface area contributed by atoms with Crippen molar-refractivity contribution in [1.29, 1.82) is 5.26 Å². The molecule has 24 heavy (non-hydrogen) atoms. The molecule has 4 aromatic rings. The minimum Gasteiger partial charge on any atom is -0.264 e. The highest BCUT2D eigenvalue weighted by Gasteiger charge is 2.18. The number of hydrogen-bond acceptors (Lipinski definition) is 7. The number of thiophene rings is 1. The molecule has 0 atom stereocenters. The van der Waals surface area contributed by atoms with E-state index in [4.69, 9.17) is 5.26 Å². The first-order valence-corrected chi connectivity index (χ1v) is 7.99. The van der Waals surface area contributed by atoms with E-state index in [1.165, 1.54) is 15.9 Å². The van der Waals surface area contributed by atoms with Crippen LogP contribution in [-0.2, 0) is 0 Å². The minimum atomic E-state index is 0.106. The molecule has 0 aliphatic carbocycles. The molecule has 0 saturated carbocycles. The van der Waals surface area contributed by atoms with Gasteiger partial charge >= 0.3 is 0 Å². The van der Waals surface area contributed by atoms with Gasteiger partial charge in [0.1, 0.15) is 17.2 Å². The van der Waals surface area contributed by atoms with Gasteiger partial charge in [0.2, 0.25) is 0 Å². The lowest BCUT2D eigenvalue weighted by Crippen LogP contribution is -2.03. The minimum absolute atomic E-state index is 0.106. The molecule has 0 aromatic carbocycles. The van der Waals surface area contributed by atoms with Crippen molar-refractivity contribution in [2.24, 2.45) is 0 Å². The first-order chi connectivity index (χ1) is 11.7. The third-order valence-corrected chi connectivity index (χ3v) is 4.84. The summed E-state index contributed by atoms with van der Waals surface area (Å²) in [6.07, 6.45) is 4.93. The molecule has 4 heterocycles. The Kier molecular flexibility index (Phi) is 3.29. The van der Waals surface area contributed by atoms with E-state index in [1.807, 2.05) is 25.1 Å². The Labute approximate surface area is 141 Å². The quantitative estimate of drug-likeness (QED) is 0.560. The number of aryl methyl sites for hydroxylation is 2. The number of fused-ring (bicyclic) bond motifs is 1. The van der Waals surface area contributed by atoms with Crippen molar-refractivity contribution in [1.82, 2.24) is 29.7 Å². The molecule has 116 valence electrons. The molecule has 0 N–H and O–H groups in total. The zero-order chi connectivity index (χ0) is 16.7. The second-order valence-corrected chi connectivity index (χ2v) is 6.40. The van der Waals surface area contributed by atoms with Crippen LogP contribution < -0.4 is 0 Å². The maximum atomic E-state index is 8.98. The van der Waals surface area contributed by atoms with Crippen molar-refractivity contribution in [3.63, 3.8) is 0 Å². The van der Waals surface area contributed by atoms with Gasteiger partial charge in [-0.2, -0.15) is 5.26 Å². The molecule has 8 heteroatoms. The molecular formula is C16H11N7S. The normalized spacial score (nSPS) is 10.9. The maximum absolute atomic E-state index is 8.98. The molecular weight excluding hydrogens is 322 g/mol. The highest BCUT2D eigenvalue weighted by atomic mass is 32.1. The van der Waals surface area contributed by atoms with Crippen LogP contribution in [0.4, 0.5) is 0 Å². The van der Waals surface area contributed by atoms with Gasteiger partial charge in [-0.05, 0) is 31.5 Å². The first kappa shape index (κ1) is 14.4. The Morgan fingerprint density at radius 3 is 2.83 bits per heavy atom. The number of aromatic nitrogens is 6. The summed E-state index contributed by atoms with van der Waals surface area (Å²) in [6, 6.07) is 5.69. The summed E-state index contributed by atoms with van der Waals surface area (Å²) in [7, 11) is 0. The fourth-order valence-electron chi connectivity index (χ4n) is 2.43. The van der Waals surface area contributed by atoms with E-state index in [-0.39, 0.29) is 5.82 Å². The van der Waals surface area contributed by atoms with Gasteiger partial charge in [0.15, 0.2) is 11.6 Å². The fraction of sp³-hybridized carbons (Fsp3) is 0.125. The van der Waals surface area contributed by atoms with Gasteiger partial charge in [-0.15, -0.1) is 16.4 Å². The van der Waals surface area contributed by atoms with E-state index >= 15 is 0 Å². The van der Waals surface area contributed by atoms with Crippen LogP contribution in [0.25, 0.3) is 27.4 Å². The van der Waals surface area contributed by atoms with Crippen molar-refractivity contribution < 1.29 is 0 Å². The molecule has 0 saturated heterocycles. The first-order valence-electron chi connectivity index (χ1n) is 7.17. The fourth-order valence-corrected chi connectivity index (χ4v) is 3.46. The lowest BCUT2D eigenvalue weighted by atomic mass is 10.2. The molecule has 0 aliphatic rings. The SMILES string of the molecule is Cc1sc2nc(-c3cccnc3)nc(-n3cnc(C#N)n3)c2c1C. The Hall–Kier alpha value is -3.18. The second-order valence-electron chi connectivity index (χ2n) is 5.20. The van der Waals surface area contributed by atoms with E-state index in [0.717, 1.165) is 21.3 Å². The van der Waals surface area contributed by atoms with Crippen molar-refractivity contribution >= 4 is 21.6 Å². The number of pyridine rings is 1. The summed E-state index contributed by atoms with van der Waals surface area (Å²) in [5.74, 6) is 1.30. The lowest BCUT2D eigenvalue weighted by molar-refractivity contribution is 0.846. The Bertz CT molecular complexity index is 1090. The van der Waals surface area contributed by atoms with Gasteiger partial charge in [-0.3, -0.25) is 4.98 Å². The van der Waals surface area contributed by atoms with Crippen LogP contribution >= 0.6 is 11.3 Å². The summed E-state index contributed by atoms with van der Waals surface area (Å²) in [5.41, 5.74) is 1.93. The van der Waals surface area contributed by atoms with E-state index in [9.17, 15) is 0 Å². The molecule has 0 radical (unpaired) electrons. The lowest BCUT2D eigenvalue weighted by Gasteiger charge is -2.06.